The lowest BCUT2D eigenvalue weighted by molar-refractivity contribution is -0.146. The highest BCUT2D eigenvalue weighted by atomic mass is 16.5. The number of ether oxygens (including phenoxy) is 1. The first-order chi connectivity index (χ1) is 14.9. The highest BCUT2D eigenvalue weighted by Crippen LogP contribution is 2.11. The Labute approximate surface area is 180 Å². The van der Waals surface area contributed by atoms with Crippen molar-refractivity contribution in [3.05, 3.63) is 77.4 Å². The number of rotatable bonds is 6. The van der Waals surface area contributed by atoms with E-state index in [0.29, 0.717) is 23.2 Å². The van der Waals surface area contributed by atoms with E-state index in [1.807, 2.05) is 30.3 Å². The van der Waals surface area contributed by atoms with Crippen LogP contribution in [0.4, 0.5) is 0 Å². The maximum Gasteiger partial charge on any atom is 0.302 e. The predicted molar refractivity (Wildman–Crippen MR) is 114 cm³/mol. The van der Waals surface area contributed by atoms with Crippen LogP contribution in [-0.2, 0) is 23.0 Å². The van der Waals surface area contributed by atoms with E-state index in [4.69, 9.17) is 4.74 Å². The van der Waals surface area contributed by atoms with Gasteiger partial charge < -0.3 is 9.64 Å². The van der Waals surface area contributed by atoms with Gasteiger partial charge in [0.25, 0.3) is 5.91 Å². The van der Waals surface area contributed by atoms with Gasteiger partial charge in [0.15, 0.2) is 5.69 Å². The molecule has 0 saturated heterocycles. The lowest BCUT2D eigenvalue weighted by Gasteiger charge is -2.24. The van der Waals surface area contributed by atoms with E-state index in [1.165, 1.54) is 22.8 Å². The van der Waals surface area contributed by atoms with Crippen LogP contribution in [0.2, 0.25) is 0 Å². The van der Waals surface area contributed by atoms with Gasteiger partial charge in [0.05, 0.1) is 18.3 Å². The minimum Gasteiger partial charge on any atom is -0.460 e. The topological polar surface area (TPSA) is 90.2 Å². The van der Waals surface area contributed by atoms with E-state index in [0.717, 1.165) is 5.56 Å². The van der Waals surface area contributed by atoms with Crippen LogP contribution in [0, 0.1) is 11.8 Å². The van der Waals surface area contributed by atoms with E-state index in [1.54, 1.807) is 32.6 Å². The van der Waals surface area contributed by atoms with Crippen molar-refractivity contribution in [1.29, 1.82) is 0 Å². The Bertz CT molecular complexity index is 1110. The second-order valence-corrected chi connectivity index (χ2v) is 7.04. The van der Waals surface area contributed by atoms with Crippen molar-refractivity contribution >= 4 is 11.9 Å². The van der Waals surface area contributed by atoms with E-state index in [9.17, 15) is 9.59 Å². The molecule has 2 heterocycles. The number of amides is 1. The summed E-state index contributed by atoms with van der Waals surface area (Å²) in [7, 11) is 3.38. The monoisotopic (exact) mass is 417 g/mol. The Morgan fingerprint density at radius 3 is 2.61 bits per heavy atom. The number of nitrogens with zero attached hydrogens (tertiary/aromatic N) is 5. The van der Waals surface area contributed by atoms with Gasteiger partial charge in [0.2, 0.25) is 0 Å². The molecule has 3 rings (SSSR count). The van der Waals surface area contributed by atoms with Crippen LogP contribution in [0.3, 0.4) is 0 Å². The van der Waals surface area contributed by atoms with Crippen molar-refractivity contribution in [1.82, 2.24) is 24.9 Å². The van der Waals surface area contributed by atoms with Crippen molar-refractivity contribution in [2.24, 2.45) is 7.05 Å². The summed E-state index contributed by atoms with van der Waals surface area (Å²) in [6.45, 7) is 1.62. The molecule has 2 aromatic heterocycles. The van der Waals surface area contributed by atoms with Gasteiger partial charge in [-0.25, -0.2) is 0 Å². The fourth-order valence-corrected chi connectivity index (χ4v) is 3.03. The summed E-state index contributed by atoms with van der Waals surface area (Å²) in [5, 5.41) is 8.06. The molecular formula is C23H23N5O3. The molecular weight excluding hydrogens is 394 g/mol. The molecule has 1 aromatic carbocycles. The standard InChI is InChI=1S/C23H23N5O3/c1-17(29)31-22(12-18-7-5-4-6-8-18)16-27(2)23(30)20-11-19(13-24-14-20)9-10-21-15-25-28(3)26-21/h4-8,11,13-15,22H,12,16H2,1-3H3. The summed E-state index contributed by atoms with van der Waals surface area (Å²) in [6, 6.07) is 11.4. The number of aryl methyl sites for hydroxylation is 1. The fourth-order valence-electron chi connectivity index (χ4n) is 3.03. The van der Waals surface area contributed by atoms with Gasteiger partial charge >= 0.3 is 5.97 Å². The van der Waals surface area contributed by atoms with Gasteiger partial charge in [-0.2, -0.15) is 9.90 Å². The van der Waals surface area contributed by atoms with Crippen LogP contribution in [-0.4, -0.2) is 56.5 Å². The normalized spacial score (nSPS) is 11.2. The SMILES string of the molecule is CC(=O)OC(Cc1ccccc1)CN(C)C(=O)c1cncc(C#Cc2cnn(C)n2)c1. The second-order valence-electron chi connectivity index (χ2n) is 7.04. The van der Waals surface area contributed by atoms with Crippen molar-refractivity contribution < 1.29 is 14.3 Å². The molecule has 0 bridgehead atoms. The molecule has 0 aliphatic heterocycles. The van der Waals surface area contributed by atoms with Crippen molar-refractivity contribution in [3.8, 4) is 11.8 Å². The quantitative estimate of drug-likeness (QED) is 0.449. The van der Waals surface area contributed by atoms with E-state index in [2.05, 4.69) is 27.0 Å². The molecule has 3 aromatic rings. The van der Waals surface area contributed by atoms with Gasteiger partial charge in [0.1, 0.15) is 6.10 Å². The number of hydrogen-bond donors (Lipinski definition) is 0. The molecule has 1 unspecified atom stereocenters. The molecule has 0 radical (unpaired) electrons. The summed E-state index contributed by atoms with van der Waals surface area (Å²) in [6.07, 6.45) is 4.69. The molecule has 0 N–H and O–H groups in total. The fraction of sp³-hybridized carbons (Fsp3) is 0.261. The number of likely N-dealkylation sites (N-methyl/N-ethyl adjacent to an activating group) is 1. The van der Waals surface area contributed by atoms with E-state index >= 15 is 0 Å². The summed E-state index contributed by atoms with van der Waals surface area (Å²) in [5.41, 5.74) is 2.54. The second kappa shape index (κ2) is 10.2. The Kier molecular flexibility index (Phi) is 7.12. The Morgan fingerprint density at radius 2 is 1.94 bits per heavy atom. The Morgan fingerprint density at radius 1 is 1.16 bits per heavy atom. The molecule has 1 amide bonds. The minimum absolute atomic E-state index is 0.235. The van der Waals surface area contributed by atoms with Crippen LogP contribution < -0.4 is 0 Å². The van der Waals surface area contributed by atoms with Crippen molar-refractivity contribution in [3.63, 3.8) is 0 Å². The van der Waals surface area contributed by atoms with Crippen LogP contribution in [0.15, 0.2) is 55.0 Å². The average molecular weight is 417 g/mol. The molecule has 0 saturated carbocycles. The van der Waals surface area contributed by atoms with E-state index < -0.39 is 6.10 Å². The third kappa shape index (κ3) is 6.51. The lowest BCUT2D eigenvalue weighted by Crippen LogP contribution is -2.37. The van der Waals surface area contributed by atoms with Crippen LogP contribution in [0.1, 0.15) is 34.1 Å². The Balaban J connectivity index is 1.70. The van der Waals surface area contributed by atoms with E-state index in [-0.39, 0.29) is 18.4 Å². The minimum atomic E-state index is -0.457. The summed E-state index contributed by atoms with van der Waals surface area (Å²) in [4.78, 5) is 31.5. The number of aromatic nitrogens is 4. The van der Waals surface area contributed by atoms with Crippen molar-refractivity contribution in [2.45, 2.75) is 19.4 Å². The highest BCUT2D eigenvalue weighted by Gasteiger charge is 2.20. The van der Waals surface area contributed by atoms with Gasteiger partial charge in [0, 0.05) is 45.4 Å². The van der Waals surface area contributed by atoms with Crippen LogP contribution in [0.5, 0.6) is 0 Å². The molecule has 0 spiro atoms. The molecule has 0 aliphatic carbocycles. The molecule has 1 atom stereocenters. The molecule has 8 heteroatoms. The molecule has 8 nitrogen and oxygen atoms in total. The first-order valence-electron chi connectivity index (χ1n) is 9.70. The van der Waals surface area contributed by atoms with Gasteiger partial charge in [-0.3, -0.25) is 14.6 Å². The predicted octanol–water partition coefficient (Wildman–Crippen LogP) is 1.86. The summed E-state index contributed by atoms with van der Waals surface area (Å²) >= 11 is 0. The van der Waals surface area contributed by atoms with Crippen LogP contribution >= 0.6 is 0 Å². The highest BCUT2D eigenvalue weighted by molar-refractivity contribution is 5.94. The number of carbonyl (C=O) groups excluding carboxylic acids is 2. The maximum absolute atomic E-state index is 12.9. The molecule has 158 valence electrons. The van der Waals surface area contributed by atoms with Gasteiger partial charge in [-0.1, -0.05) is 36.3 Å². The maximum atomic E-state index is 12.9. The van der Waals surface area contributed by atoms with Gasteiger partial charge in [-0.15, -0.1) is 5.10 Å². The first-order valence-corrected chi connectivity index (χ1v) is 9.70. The number of esters is 1. The molecule has 0 aliphatic rings. The lowest BCUT2D eigenvalue weighted by atomic mass is 10.1. The largest absolute Gasteiger partial charge is 0.460 e. The zero-order valence-electron chi connectivity index (χ0n) is 17.6. The molecule has 0 fully saturated rings. The van der Waals surface area contributed by atoms with Gasteiger partial charge in [-0.05, 0) is 17.6 Å². The van der Waals surface area contributed by atoms with Crippen LogP contribution in [0.25, 0.3) is 0 Å². The van der Waals surface area contributed by atoms with Crippen molar-refractivity contribution in [2.75, 3.05) is 13.6 Å². The number of benzene rings is 1. The average Bonchev–Trinajstić information content (AvgIpc) is 3.17. The zero-order chi connectivity index (χ0) is 22.2. The zero-order valence-corrected chi connectivity index (χ0v) is 17.6. The number of pyridine rings is 1. The number of carbonyl (C=O) groups is 2. The summed E-state index contributed by atoms with van der Waals surface area (Å²) in [5.74, 6) is 5.21. The molecule has 31 heavy (non-hydrogen) atoms. The number of hydrogen-bond acceptors (Lipinski definition) is 6. The smallest absolute Gasteiger partial charge is 0.302 e. The third-order valence-electron chi connectivity index (χ3n) is 4.38. The summed E-state index contributed by atoms with van der Waals surface area (Å²) < 4.78 is 5.44. The Hall–Kier alpha value is -3.99. The third-order valence-corrected chi connectivity index (χ3v) is 4.38. The first kappa shape index (κ1) is 21.7.